The number of sulfonamides is 1. The number of rotatable bonds is 11. The lowest BCUT2D eigenvalue weighted by molar-refractivity contribution is -0.152. The number of halogens is 2. The number of hydrogen-bond donors (Lipinski definition) is 3. The monoisotopic (exact) mass is 964 g/mol. The van der Waals surface area contributed by atoms with Gasteiger partial charge in [0.25, 0.3) is 11.8 Å². The topological polar surface area (TPSA) is 192 Å². The number of allylic oxidation sites excluding steroid dienone is 1. The second-order valence-electron chi connectivity index (χ2n) is 17.6. The van der Waals surface area contributed by atoms with Crippen LogP contribution in [0.1, 0.15) is 112 Å². The summed E-state index contributed by atoms with van der Waals surface area (Å²) < 4.78 is 78.6. The quantitative estimate of drug-likeness (QED) is 0.155. The van der Waals surface area contributed by atoms with Crippen LogP contribution in [-0.4, -0.2) is 103 Å². The number of aromatic nitrogens is 1. The molecule has 1 aliphatic carbocycles. The lowest BCUT2D eigenvalue weighted by Gasteiger charge is -2.34. The maximum absolute atomic E-state index is 14.9. The standard InChI is InChI=1S/C45H57F2N5O10S.2C2H6.3H2/c1-26(2)60-30-17-15-28(16-18-30)34-23-37(33-20-19-31(59-7)21-35(33)48-34)61-32-22-36-39(53)50-45(41(55)51-63(8,57)58)24-29(45)14-12-10-9-11-13-27(3)38(40(54)52(36)25-32)49-42(56)62-43(4,5)44(6,46)47;2*1-2;;;/h12,14-21,23,26-27,29,32,36,38H,9-11,13,22,24-25H2,1-8H3,(H,49,56)(H,50,53)(H,51,55);2*1-2H3;3*1H/b14-12-;;;;;/t27-,29-,32-,36+,38+,45-;;;;;/m1...../s1. The van der Waals surface area contributed by atoms with E-state index in [1.807, 2.05) is 76.6 Å². The average Bonchev–Trinajstić information content (AvgIpc) is 3.80. The molecule has 1 aromatic heterocycles. The highest BCUT2D eigenvalue weighted by Gasteiger charge is 2.61. The van der Waals surface area contributed by atoms with E-state index in [1.165, 1.54) is 12.0 Å². The maximum Gasteiger partial charge on any atom is 0.408 e. The Morgan fingerprint density at radius 1 is 1.00 bits per heavy atom. The Bertz CT molecular complexity index is 2370. The minimum Gasteiger partial charge on any atom is -0.497 e. The summed E-state index contributed by atoms with van der Waals surface area (Å²) in [7, 11) is -2.48. The van der Waals surface area contributed by atoms with E-state index in [4.69, 9.17) is 23.9 Å². The first kappa shape index (κ1) is 54.1. The number of ether oxygens (including phenoxy) is 4. The number of pyridine rings is 1. The Morgan fingerprint density at radius 3 is 2.27 bits per heavy atom. The number of nitrogens with zero attached hydrogens (tertiary/aromatic N) is 2. The van der Waals surface area contributed by atoms with Gasteiger partial charge >= 0.3 is 6.09 Å². The number of benzene rings is 2. The molecule has 1 saturated carbocycles. The SMILES string of the molecule is CC.CC.COc1ccc2c(O[C@@H]3C[C@H]4C(=O)N[C@]5(C(=O)NS(C)(=O)=O)C[C@H]5/C=C\CCCC[C@@H](C)[C@H](NC(=O)OC(C)(C)C(C)(F)F)C(=O)N4C3)cc(-c3ccc(OC(C)C)cc3)nc2c1.[HH].[HH].[HH]. The molecule has 18 heteroatoms. The van der Waals surface area contributed by atoms with E-state index < -0.39 is 80.9 Å². The summed E-state index contributed by atoms with van der Waals surface area (Å²) in [6, 6.07) is 11.8. The van der Waals surface area contributed by atoms with Gasteiger partial charge in [-0.15, -0.1) is 0 Å². The molecule has 2 fully saturated rings. The molecule has 0 radical (unpaired) electrons. The molecular weight excluding hydrogens is 889 g/mol. The third-order valence-electron chi connectivity index (χ3n) is 11.8. The summed E-state index contributed by atoms with van der Waals surface area (Å²) >= 11 is 0. The summed E-state index contributed by atoms with van der Waals surface area (Å²) in [5.74, 6) is -5.26. The molecule has 2 aliphatic heterocycles. The maximum atomic E-state index is 14.9. The first-order valence-electron chi connectivity index (χ1n) is 23.1. The molecule has 0 unspecified atom stereocenters. The van der Waals surface area contributed by atoms with Crippen molar-refractivity contribution in [2.75, 3.05) is 19.9 Å². The van der Waals surface area contributed by atoms with E-state index >= 15 is 0 Å². The summed E-state index contributed by atoms with van der Waals surface area (Å²) in [5, 5.41) is 5.94. The van der Waals surface area contributed by atoms with Crippen molar-refractivity contribution in [3.63, 3.8) is 0 Å². The average molecular weight is 964 g/mol. The summed E-state index contributed by atoms with van der Waals surface area (Å²) in [6.07, 6.45) is 4.69. The predicted molar refractivity (Wildman–Crippen MR) is 260 cm³/mol. The zero-order valence-corrected chi connectivity index (χ0v) is 41.6. The van der Waals surface area contributed by atoms with Crippen LogP contribution in [0.15, 0.2) is 60.7 Å². The highest BCUT2D eigenvalue weighted by Crippen LogP contribution is 2.46. The summed E-state index contributed by atoms with van der Waals surface area (Å²) in [5.41, 5.74) is -2.02. The van der Waals surface area contributed by atoms with Crippen LogP contribution in [0.2, 0.25) is 0 Å². The molecule has 6 atom stereocenters. The van der Waals surface area contributed by atoms with Crippen LogP contribution in [0.4, 0.5) is 13.6 Å². The lowest BCUT2D eigenvalue weighted by atomic mass is 9.93. The molecule has 3 N–H and O–H groups in total. The minimum atomic E-state index is -4.02. The highest BCUT2D eigenvalue weighted by molar-refractivity contribution is 7.89. The molecule has 1 saturated heterocycles. The molecule has 0 bridgehead atoms. The number of carbonyl (C=O) groups is 4. The molecule has 15 nitrogen and oxygen atoms in total. The second-order valence-corrected chi connectivity index (χ2v) is 19.4. The van der Waals surface area contributed by atoms with Gasteiger partial charge in [-0.1, -0.05) is 53.2 Å². The molecule has 67 heavy (non-hydrogen) atoms. The Morgan fingerprint density at radius 2 is 1.66 bits per heavy atom. The van der Waals surface area contributed by atoms with Crippen LogP contribution in [0.5, 0.6) is 17.2 Å². The molecular formula is C49H75F2N5O10S. The number of carbonyl (C=O) groups excluding carboxylic acids is 4. The van der Waals surface area contributed by atoms with Crippen LogP contribution >= 0.6 is 0 Å². The smallest absolute Gasteiger partial charge is 0.408 e. The molecule has 0 spiro atoms. The Hall–Kier alpha value is -5.52. The van der Waals surface area contributed by atoms with Gasteiger partial charge in [-0.05, 0) is 95.7 Å². The van der Waals surface area contributed by atoms with E-state index in [0.717, 1.165) is 25.7 Å². The lowest BCUT2D eigenvalue weighted by Crippen LogP contribution is -2.59. The molecule has 3 heterocycles. The summed E-state index contributed by atoms with van der Waals surface area (Å²) in [4.78, 5) is 62.6. The fourth-order valence-corrected chi connectivity index (χ4v) is 8.40. The molecule has 6 rings (SSSR count). The van der Waals surface area contributed by atoms with E-state index in [0.29, 0.717) is 66.5 Å². The van der Waals surface area contributed by atoms with Gasteiger partial charge in [-0.25, -0.2) is 27.0 Å². The molecule has 2 aromatic carbocycles. The van der Waals surface area contributed by atoms with Crippen molar-refractivity contribution in [2.24, 2.45) is 11.8 Å². The first-order valence-corrected chi connectivity index (χ1v) is 25.0. The fourth-order valence-electron chi connectivity index (χ4n) is 7.88. The Kier molecular flexibility index (Phi) is 18.2. The van der Waals surface area contributed by atoms with Crippen molar-refractivity contribution in [1.82, 2.24) is 25.2 Å². The third kappa shape index (κ3) is 13.6. The van der Waals surface area contributed by atoms with Crippen molar-refractivity contribution in [3.8, 4) is 28.5 Å². The number of fused-ring (bicyclic) bond motifs is 3. The van der Waals surface area contributed by atoms with Gasteiger partial charge in [-0.2, -0.15) is 0 Å². The third-order valence-corrected chi connectivity index (χ3v) is 12.4. The van der Waals surface area contributed by atoms with Gasteiger partial charge in [-0.3, -0.25) is 19.1 Å². The van der Waals surface area contributed by atoms with Crippen molar-refractivity contribution in [2.45, 2.75) is 149 Å². The molecule has 376 valence electrons. The normalized spacial score (nSPS) is 23.8. The van der Waals surface area contributed by atoms with Crippen LogP contribution in [0.25, 0.3) is 22.2 Å². The summed E-state index contributed by atoms with van der Waals surface area (Å²) in [6.45, 7) is 16.2. The van der Waals surface area contributed by atoms with Crippen LogP contribution in [-0.2, 0) is 29.1 Å². The van der Waals surface area contributed by atoms with E-state index in [2.05, 4.69) is 10.6 Å². The van der Waals surface area contributed by atoms with Gasteiger partial charge in [0.15, 0.2) is 5.60 Å². The zero-order valence-electron chi connectivity index (χ0n) is 40.8. The number of methoxy groups -OCH3 is 1. The predicted octanol–water partition coefficient (Wildman–Crippen LogP) is 9.08. The largest absolute Gasteiger partial charge is 0.497 e. The number of nitrogens with one attached hydrogen (secondary N) is 3. The fraction of sp³-hybridized carbons (Fsp3) is 0.571. The number of amides is 4. The van der Waals surface area contributed by atoms with Crippen LogP contribution < -0.4 is 29.6 Å². The van der Waals surface area contributed by atoms with Gasteiger partial charge in [0.05, 0.1) is 37.2 Å². The number of alkyl carbamates (subject to hydrolysis) is 1. The Labute approximate surface area is 398 Å². The first-order chi connectivity index (χ1) is 31.5. The Balaban J connectivity index is 0.00000341. The van der Waals surface area contributed by atoms with Gasteiger partial charge in [0.1, 0.15) is 41.0 Å². The minimum absolute atomic E-state index is 0. The van der Waals surface area contributed by atoms with E-state index in [-0.39, 0.29) is 29.8 Å². The highest BCUT2D eigenvalue weighted by atomic mass is 32.2. The van der Waals surface area contributed by atoms with Crippen molar-refractivity contribution < 1.29 is 59.6 Å². The van der Waals surface area contributed by atoms with Crippen molar-refractivity contribution in [1.29, 1.82) is 0 Å². The van der Waals surface area contributed by atoms with E-state index in [9.17, 15) is 36.4 Å². The van der Waals surface area contributed by atoms with Crippen LogP contribution in [0, 0.1) is 11.8 Å². The number of alkyl halides is 2. The van der Waals surface area contributed by atoms with Crippen LogP contribution in [0.3, 0.4) is 0 Å². The molecule has 3 aliphatic rings. The second kappa shape index (κ2) is 22.5. The molecule has 3 aromatic rings. The van der Waals surface area contributed by atoms with Crippen molar-refractivity contribution in [3.05, 3.63) is 60.7 Å². The van der Waals surface area contributed by atoms with Gasteiger partial charge in [0, 0.05) is 46.6 Å². The van der Waals surface area contributed by atoms with Gasteiger partial charge < -0.3 is 34.5 Å². The number of hydrogen-bond acceptors (Lipinski definition) is 11. The zero-order chi connectivity index (χ0) is 50.1. The van der Waals surface area contributed by atoms with Crippen molar-refractivity contribution >= 4 is 44.7 Å². The van der Waals surface area contributed by atoms with Gasteiger partial charge in [0.2, 0.25) is 21.8 Å². The van der Waals surface area contributed by atoms with E-state index in [1.54, 1.807) is 37.3 Å². The molecule has 4 amide bonds.